The van der Waals surface area contributed by atoms with Gasteiger partial charge in [-0.15, -0.1) is 0 Å². The lowest BCUT2D eigenvalue weighted by atomic mass is 9.87. The summed E-state index contributed by atoms with van der Waals surface area (Å²) in [7, 11) is 0. The summed E-state index contributed by atoms with van der Waals surface area (Å²) < 4.78 is 47.7. The van der Waals surface area contributed by atoms with Crippen molar-refractivity contribution in [3.8, 4) is 0 Å². The third kappa shape index (κ3) is 5.22. The fourth-order valence-corrected chi connectivity index (χ4v) is 4.73. The Morgan fingerprint density at radius 3 is 2.36 bits per heavy atom. The van der Waals surface area contributed by atoms with E-state index in [0.29, 0.717) is 42.6 Å². The summed E-state index contributed by atoms with van der Waals surface area (Å²) in [4.78, 5) is 36.6. The van der Waals surface area contributed by atoms with Crippen LogP contribution in [0.2, 0.25) is 0 Å². The van der Waals surface area contributed by atoms with Crippen LogP contribution < -0.4 is 5.56 Å². The highest BCUT2D eigenvalue weighted by atomic mass is 19.4. The zero-order chi connectivity index (χ0) is 26.3. The molecule has 0 N–H and O–H groups in total. The minimum atomic E-state index is -4.55. The van der Waals surface area contributed by atoms with E-state index < -0.39 is 23.4 Å². The molecule has 192 valence electrons. The number of hydrogen-bond donors (Lipinski definition) is 0. The van der Waals surface area contributed by atoms with Gasteiger partial charge >= 0.3 is 12.3 Å². The second-order valence-corrected chi connectivity index (χ2v) is 10.1. The van der Waals surface area contributed by atoms with E-state index in [9.17, 15) is 22.8 Å². The lowest BCUT2D eigenvalue weighted by Gasteiger charge is -2.34. The van der Waals surface area contributed by atoms with Crippen LogP contribution in [0.1, 0.15) is 61.8 Å². The summed E-state index contributed by atoms with van der Waals surface area (Å²) in [6.07, 6.45) is -0.970. The number of rotatable bonds is 3. The Morgan fingerprint density at radius 2 is 1.72 bits per heavy atom. The standard InChI is InChI=1S/C26H29F3N4O3/c1-16-20(17-9-13-32(14-10-17)24(35)36-25(2,3)4)23(34)33(22-21(16)30-11-12-31-22)15-18-7-5-6-8-19(18)26(27,28)29/h5-8,11-12,17H,9-10,13-15H2,1-4H3. The van der Waals surface area contributed by atoms with Crippen LogP contribution in [0.25, 0.3) is 11.2 Å². The van der Waals surface area contributed by atoms with Crippen molar-refractivity contribution in [2.75, 3.05) is 13.1 Å². The molecule has 1 fully saturated rings. The third-order valence-electron chi connectivity index (χ3n) is 6.38. The van der Waals surface area contributed by atoms with Gasteiger partial charge in [0.05, 0.1) is 12.1 Å². The number of piperidine rings is 1. The van der Waals surface area contributed by atoms with Gasteiger partial charge in [0.15, 0.2) is 5.65 Å². The van der Waals surface area contributed by atoms with Crippen molar-refractivity contribution in [1.82, 2.24) is 19.4 Å². The van der Waals surface area contributed by atoms with E-state index in [-0.39, 0.29) is 29.2 Å². The van der Waals surface area contributed by atoms with Crippen molar-refractivity contribution in [2.24, 2.45) is 0 Å². The molecule has 3 aromatic rings. The van der Waals surface area contributed by atoms with Crippen molar-refractivity contribution < 1.29 is 22.7 Å². The van der Waals surface area contributed by atoms with Crippen molar-refractivity contribution in [2.45, 2.75) is 64.8 Å². The fourth-order valence-electron chi connectivity index (χ4n) is 4.73. The van der Waals surface area contributed by atoms with Crippen molar-refractivity contribution in [1.29, 1.82) is 0 Å². The highest BCUT2D eigenvalue weighted by Crippen LogP contribution is 2.34. The van der Waals surface area contributed by atoms with Crippen molar-refractivity contribution in [3.63, 3.8) is 0 Å². The van der Waals surface area contributed by atoms with Gasteiger partial charge in [0, 0.05) is 31.0 Å². The maximum Gasteiger partial charge on any atom is 0.416 e. The number of likely N-dealkylation sites (tertiary alicyclic amines) is 1. The molecule has 0 atom stereocenters. The van der Waals surface area contributed by atoms with Gasteiger partial charge < -0.3 is 9.64 Å². The first-order valence-electron chi connectivity index (χ1n) is 11.8. The maximum atomic E-state index is 13.8. The van der Waals surface area contributed by atoms with Crippen LogP contribution in [-0.4, -0.2) is 44.2 Å². The molecule has 0 radical (unpaired) electrons. The molecule has 1 saturated heterocycles. The van der Waals surface area contributed by atoms with E-state index in [1.807, 2.05) is 0 Å². The average molecular weight is 503 g/mol. The largest absolute Gasteiger partial charge is 0.444 e. The molecule has 0 unspecified atom stereocenters. The summed E-state index contributed by atoms with van der Waals surface area (Å²) in [5.41, 5.74) is 0.0965. The van der Waals surface area contributed by atoms with Gasteiger partial charge in [0.1, 0.15) is 11.1 Å². The first kappa shape index (κ1) is 25.7. The van der Waals surface area contributed by atoms with Gasteiger partial charge in [-0.25, -0.2) is 9.78 Å². The summed E-state index contributed by atoms with van der Waals surface area (Å²) in [5, 5.41) is 0. The minimum Gasteiger partial charge on any atom is -0.444 e. The van der Waals surface area contributed by atoms with Gasteiger partial charge in [-0.2, -0.15) is 13.2 Å². The number of ether oxygens (including phenoxy) is 1. The topological polar surface area (TPSA) is 77.3 Å². The highest BCUT2D eigenvalue weighted by Gasteiger charge is 2.34. The molecule has 1 aliphatic heterocycles. The van der Waals surface area contributed by atoms with Gasteiger partial charge in [-0.1, -0.05) is 18.2 Å². The monoisotopic (exact) mass is 502 g/mol. The van der Waals surface area contributed by atoms with Crippen molar-refractivity contribution in [3.05, 3.63) is 69.3 Å². The Bertz CT molecular complexity index is 1340. The number of aryl methyl sites for hydroxylation is 1. The quantitative estimate of drug-likeness (QED) is 0.487. The van der Waals surface area contributed by atoms with Gasteiger partial charge in [0.25, 0.3) is 5.56 Å². The van der Waals surface area contributed by atoms with Gasteiger partial charge in [0.2, 0.25) is 0 Å². The van der Waals surface area contributed by atoms with Gasteiger partial charge in [-0.3, -0.25) is 14.3 Å². The van der Waals surface area contributed by atoms with Crippen molar-refractivity contribution >= 4 is 17.3 Å². The van der Waals surface area contributed by atoms with E-state index in [1.54, 1.807) is 32.6 Å². The first-order valence-corrected chi connectivity index (χ1v) is 11.8. The molecule has 1 aliphatic rings. The molecule has 7 nitrogen and oxygen atoms in total. The summed E-state index contributed by atoms with van der Waals surface area (Å²) in [5.74, 6) is -0.174. The molecule has 2 aromatic heterocycles. The second kappa shape index (κ2) is 9.55. The zero-order valence-corrected chi connectivity index (χ0v) is 20.7. The molecule has 10 heteroatoms. The Hall–Kier alpha value is -3.43. The molecular formula is C26H29F3N4O3. The number of carbonyl (C=O) groups is 1. The number of halogens is 3. The van der Waals surface area contributed by atoms with E-state index in [0.717, 1.165) is 6.07 Å². The maximum absolute atomic E-state index is 13.8. The molecule has 4 rings (SSSR count). The van der Waals surface area contributed by atoms with E-state index in [2.05, 4.69) is 9.97 Å². The third-order valence-corrected chi connectivity index (χ3v) is 6.38. The molecular weight excluding hydrogens is 473 g/mol. The lowest BCUT2D eigenvalue weighted by Crippen LogP contribution is -2.42. The molecule has 0 spiro atoms. The predicted molar refractivity (Wildman–Crippen MR) is 129 cm³/mol. The van der Waals surface area contributed by atoms with Crippen LogP contribution >= 0.6 is 0 Å². The number of carbonyl (C=O) groups excluding carboxylic acids is 1. The molecule has 0 aliphatic carbocycles. The zero-order valence-electron chi connectivity index (χ0n) is 20.7. The van der Waals surface area contributed by atoms with Crippen LogP contribution in [0.5, 0.6) is 0 Å². The number of alkyl halides is 3. The second-order valence-electron chi connectivity index (χ2n) is 10.1. The van der Waals surface area contributed by atoms with Crippen LogP contribution in [-0.2, 0) is 17.5 Å². The van der Waals surface area contributed by atoms with Crippen LogP contribution in [0.3, 0.4) is 0 Å². The number of fused-ring (bicyclic) bond motifs is 1. The van der Waals surface area contributed by atoms with Crippen LogP contribution in [0.15, 0.2) is 41.5 Å². The summed E-state index contributed by atoms with van der Waals surface area (Å²) >= 11 is 0. The normalized spacial score (nSPS) is 15.4. The van der Waals surface area contributed by atoms with Crippen LogP contribution in [0, 0.1) is 6.92 Å². The van der Waals surface area contributed by atoms with E-state index >= 15 is 0 Å². The number of hydrogen-bond acceptors (Lipinski definition) is 5. The molecule has 0 saturated carbocycles. The minimum absolute atomic E-state index is 0.0198. The highest BCUT2D eigenvalue weighted by molar-refractivity contribution is 5.75. The Kier molecular flexibility index (Phi) is 6.81. The predicted octanol–water partition coefficient (Wildman–Crippen LogP) is 5.28. The summed E-state index contributed by atoms with van der Waals surface area (Å²) in [6.45, 7) is 7.74. The van der Waals surface area contributed by atoms with E-state index in [4.69, 9.17) is 4.74 Å². The molecule has 0 bridgehead atoms. The molecule has 1 aromatic carbocycles. The van der Waals surface area contributed by atoms with Crippen LogP contribution in [0.4, 0.5) is 18.0 Å². The molecule has 3 heterocycles. The Labute approximate surface area is 206 Å². The summed E-state index contributed by atoms with van der Waals surface area (Å²) in [6, 6.07) is 5.23. The Balaban J connectivity index is 1.72. The number of amides is 1. The smallest absolute Gasteiger partial charge is 0.416 e. The average Bonchev–Trinajstić information content (AvgIpc) is 2.81. The molecule has 36 heavy (non-hydrogen) atoms. The number of benzene rings is 1. The number of nitrogens with zero attached hydrogens (tertiary/aromatic N) is 4. The first-order chi connectivity index (χ1) is 16.9. The SMILES string of the molecule is Cc1c(C2CCN(C(=O)OC(C)(C)C)CC2)c(=O)n(Cc2ccccc2C(F)(F)F)c2nccnc12. The Morgan fingerprint density at radius 1 is 1.08 bits per heavy atom. The molecule has 1 amide bonds. The number of pyridine rings is 1. The van der Waals surface area contributed by atoms with Gasteiger partial charge in [-0.05, 0) is 63.6 Å². The number of aromatic nitrogens is 3. The van der Waals surface area contributed by atoms with E-state index in [1.165, 1.54) is 35.2 Å². The fraction of sp³-hybridized carbons (Fsp3) is 0.462. The lowest BCUT2D eigenvalue weighted by molar-refractivity contribution is -0.138.